The Kier molecular flexibility index (Phi) is 2.86. The molecule has 1 aliphatic carbocycles. The van der Waals surface area contributed by atoms with Crippen molar-refractivity contribution in [2.45, 2.75) is 39.0 Å². The maximum absolute atomic E-state index is 11.0. The van der Waals surface area contributed by atoms with Crippen molar-refractivity contribution < 1.29 is 4.79 Å². The molecule has 1 saturated carbocycles. The molecule has 0 aromatic carbocycles. The molecule has 0 heterocycles. The van der Waals surface area contributed by atoms with Gasteiger partial charge in [-0.2, -0.15) is 0 Å². The number of ketones is 1. The Morgan fingerprint density at radius 3 is 2.82 bits per heavy atom. The van der Waals surface area contributed by atoms with E-state index in [0.717, 1.165) is 19.3 Å². The average molecular weight is 152 g/mol. The lowest BCUT2D eigenvalue weighted by atomic mass is 9.77. The predicted octanol–water partition coefficient (Wildman–Crippen LogP) is 2.71. The Balaban J connectivity index is 2.24. The van der Waals surface area contributed by atoms with Crippen LogP contribution in [0.5, 0.6) is 0 Å². The number of hydrogen-bond acceptors (Lipinski definition) is 1. The summed E-state index contributed by atoms with van der Waals surface area (Å²) in [6.45, 7) is 6.11. The van der Waals surface area contributed by atoms with Crippen LogP contribution in [-0.4, -0.2) is 5.78 Å². The largest absolute Gasteiger partial charge is 0.299 e. The Bertz CT molecular complexity index is 170. The van der Waals surface area contributed by atoms with Crippen LogP contribution < -0.4 is 0 Å². The van der Waals surface area contributed by atoms with Crippen LogP contribution in [0.3, 0.4) is 0 Å². The van der Waals surface area contributed by atoms with Gasteiger partial charge in [0, 0.05) is 12.3 Å². The fourth-order valence-corrected chi connectivity index (χ4v) is 1.42. The van der Waals surface area contributed by atoms with Crippen LogP contribution >= 0.6 is 0 Å². The topological polar surface area (TPSA) is 17.1 Å². The Morgan fingerprint density at radius 2 is 2.45 bits per heavy atom. The van der Waals surface area contributed by atoms with E-state index in [1.54, 1.807) is 0 Å². The quantitative estimate of drug-likeness (QED) is 0.566. The van der Waals surface area contributed by atoms with Crippen molar-refractivity contribution in [2.24, 2.45) is 5.92 Å². The highest BCUT2D eigenvalue weighted by Crippen LogP contribution is 2.30. The van der Waals surface area contributed by atoms with Gasteiger partial charge in [0.25, 0.3) is 0 Å². The van der Waals surface area contributed by atoms with Gasteiger partial charge in [0.1, 0.15) is 5.78 Å². The van der Waals surface area contributed by atoms with Crippen molar-refractivity contribution in [1.29, 1.82) is 0 Å². The van der Waals surface area contributed by atoms with Gasteiger partial charge >= 0.3 is 0 Å². The van der Waals surface area contributed by atoms with Crippen molar-refractivity contribution in [2.75, 3.05) is 0 Å². The number of allylic oxidation sites excluding steroid dienone is 1. The highest BCUT2D eigenvalue weighted by molar-refractivity contribution is 5.88. The number of carbonyl (C=O) groups excluding carboxylic acids is 1. The molecule has 0 amide bonds. The third kappa shape index (κ3) is 1.92. The third-order valence-electron chi connectivity index (χ3n) is 2.41. The normalized spacial score (nSPS) is 23.0. The van der Waals surface area contributed by atoms with Crippen molar-refractivity contribution in [1.82, 2.24) is 0 Å². The fraction of sp³-hybridized carbons (Fsp3) is 0.700. The zero-order valence-electron chi connectivity index (χ0n) is 7.23. The molecule has 1 atom stereocenters. The van der Waals surface area contributed by atoms with Gasteiger partial charge in [0.05, 0.1) is 0 Å². The highest BCUT2D eigenvalue weighted by Gasteiger charge is 2.29. The molecule has 1 rings (SSSR count). The van der Waals surface area contributed by atoms with Crippen molar-refractivity contribution >= 4 is 5.78 Å². The molecule has 0 aromatic heterocycles. The molecular formula is C10H16O. The van der Waals surface area contributed by atoms with E-state index in [0.29, 0.717) is 5.78 Å². The predicted molar refractivity (Wildman–Crippen MR) is 46.4 cm³/mol. The van der Waals surface area contributed by atoms with Crippen LogP contribution in [0.15, 0.2) is 12.2 Å². The zero-order valence-corrected chi connectivity index (χ0v) is 7.23. The van der Waals surface area contributed by atoms with E-state index >= 15 is 0 Å². The molecule has 1 heteroatoms. The monoisotopic (exact) mass is 152 g/mol. The minimum absolute atomic E-state index is 0.238. The highest BCUT2D eigenvalue weighted by atomic mass is 16.1. The van der Waals surface area contributed by atoms with Gasteiger partial charge in [-0.1, -0.05) is 25.5 Å². The molecule has 1 unspecified atom stereocenters. The minimum atomic E-state index is 0.238. The summed E-state index contributed by atoms with van der Waals surface area (Å²) in [6, 6.07) is 0. The molecule has 0 aromatic rings. The van der Waals surface area contributed by atoms with Crippen LogP contribution in [-0.2, 0) is 4.79 Å². The second-order valence-corrected chi connectivity index (χ2v) is 3.32. The summed E-state index contributed by atoms with van der Waals surface area (Å²) >= 11 is 0. The third-order valence-corrected chi connectivity index (χ3v) is 2.41. The van der Waals surface area contributed by atoms with Crippen molar-refractivity contribution in [3.05, 3.63) is 12.2 Å². The number of Topliss-reactive ketones (excluding diaryl/α,β-unsaturated/α-hetero) is 1. The standard InChI is InChI=1S/C10H16O/c1-3-4-5-8(2)9-6-7-10(9)11/h9H,2-7H2,1H3. The molecule has 1 fully saturated rings. The van der Waals surface area contributed by atoms with Gasteiger partial charge in [0.15, 0.2) is 0 Å². The fourth-order valence-electron chi connectivity index (χ4n) is 1.42. The summed E-state index contributed by atoms with van der Waals surface area (Å²) in [5.74, 6) is 0.646. The SMILES string of the molecule is C=C(CCCC)C1CCC1=O. The van der Waals surface area contributed by atoms with Gasteiger partial charge in [0.2, 0.25) is 0 Å². The second kappa shape index (κ2) is 3.70. The molecule has 1 aliphatic rings. The van der Waals surface area contributed by atoms with Crippen LogP contribution in [0.2, 0.25) is 0 Å². The summed E-state index contributed by atoms with van der Waals surface area (Å²) in [7, 11) is 0. The maximum Gasteiger partial charge on any atom is 0.140 e. The van der Waals surface area contributed by atoms with Crippen LogP contribution in [0.1, 0.15) is 39.0 Å². The van der Waals surface area contributed by atoms with E-state index in [-0.39, 0.29) is 5.92 Å². The lowest BCUT2D eigenvalue weighted by Gasteiger charge is -2.25. The number of hydrogen-bond donors (Lipinski definition) is 0. The van der Waals surface area contributed by atoms with E-state index < -0.39 is 0 Å². The molecule has 0 N–H and O–H groups in total. The van der Waals surface area contributed by atoms with Gasteiger partial charge < -0.3 is 0 Å². The Morgan fingerprint density at radius 1 is 1.73 bits per heavy atom. The molecule has 11 heavy (non-hydrogen) atoms. The summed E-state index contributed by atoms with van der Waals surface area (Å²) in [4.78, 5) is 11.0. The van der Waals surface area contributed by atoms with Gasteiger partial charge in [-0.05, 0) is 19.3 Å². The van der Waals surface area contributed by atoms with Crippen LogP contribution in [0, 0.1) is 5.92 Å². The average Bonchev–Trinajstić information content (AvgIpc) is 1.98. The summed E-state index contributed by atoms with van der Waals surface area (Å²) in [5.41, 5.74) is 1.17. The first-order chi connectivity index (χ1) is 5.25. The number of rotatable bonds is 4. The minimum Gasteiger partial charge on any atom is -0.299 e. The zero-order chi connectivity index (χ0) is 8.27. The lowest BCUT2D eigenvalue weighted by molar-refractivity contribution is -0.127. The van der Waals surface area contributed by atoms with Crippen LogP contribution in [0.4, 0.5) is 0 Å². The van der Waals surface area contributed by atoms with Crippen LogP contribution in [0.25, 0.3) is 0 Å². The molecule has 0 spiro atoms. The number of carbonyl (C=O) groups is 1. The summed E-state index contributed by atoms with van der Waals surface area (Å²) < 4.78 is 0. The summed E-state index contributed by atoms with van der Waals surface area (Å²) in [6.07, 6.45) is 5.27. The lowest BCUT2D eigenvalue weighted by Crippen LogP contribution is -2.26. The molecule has 1 nitrogen and oxygen atoms in total. The molecule has 0 bridgehead atoms. The molecular weight excluding hydrogens is 136 g/mol. The maximum atomic E-state index is 11.0. The second-order valence-electron chi connectivity index (χ2n) is 3.32. The van der Waals surface area contributed by atoms with E-state index in [1.807, 2.05) is 0 Å². The van der Waals surface area contributed by atoms with Crippen molar-refractivity contribution in [3.8, 4) is 0 Å². The smallest absolute Gasteiger partial charge is 0.140 e. The van der Waals surface area contributed by atoms with Gasteiger partial charge in [-0.15, -0.1) is 0 Å². The first-order valence-corrected chi connectivity index (χ1v) is 4.46. The first-order valence-electron chi connectivity index (χ1n) is 4.46. The van der Waals surface area contributed by atoms with E-state index in [9.17, 15) is 4.79 Å². The van der Waals surface area contributed by atoms with Gasteiger partial charge in [-0.3, -0.25) is 4.79 Å². The molecule has 0 saturated heterocycles. The van der Waals surface area contributed by atoms with E-state index in [4.69, 9.17) is 0 Å². The first kappa shape index (κ1) is 8.51. The summed E-state index contributed by atoms with van der Waals surface area (Å²) in [5, 5.41) is 0. The Hall–Kier alpha value is -0.590. The molecule has 62 valence electrons. The molecule has 0 aliphatic heterocycles. The van der Waals surface area contributed by atoms with Crippen molar-refractivity contribution in [3.63, 3.8) is 0 Å². The van der Waals surface area contributed by atoms with Gasteiger partial charge in [-0.25, -0.2) is 0 Å². The van der Waals surface area contributed by atoms with E-state index in [2.05, 4.69) is 13.5 Å². The van der Waals surface area contributed by atoms with E-state index in [1.165, 1.54) is 18.4 Å². The number of unbranched alkanes of at least 4 members (excludes halogenated alkanes) is 1. The Labute approximate surface area is 68.5 Å². The molecule has 0 radical (unpaired) electrons.